The van der Waals surface area contributed by atoms with Crippen molar-refractivity contribution in [1.29, 1.82) is 0 Å². The molecule has 1 fully saturated rings. The van der Waals surface area contributed by atoms with Crippen LogP contribution in [0.4, 0.5) is 23.0 Å². The van der Waals surface area contributed by atoms with Gasteiger partial charge in [-0.05, 0) is 36.8 Å². The van der Waals surface area contributed by atoms with Crippen LogP contribution in [0.2, 0.25) is 0 Å². The van der Waals surface area contributed by atoms with Crippen LogP contribution in [0.25, 0.3) is 16.7 Å². The van der Waals surface area contributed by atoms with Crippen LogP contribution in [0.5, 0.6) is 5.75 Å². The van der Waals surface area contributed by atoms with E-state index < -0.39 is 0 Å². The number of aryl methyl sites for hydroxylation is 1. The third-order valence-corrected chi connectivity index (χ3v) is 6.26. The summed E-state index contributed by atoms with van der Waals surface area (Å²) in [7, 11) is 1.62. The van der Waals surface area contributed by atoms with Crippen molar-refractivity contribution in [2.24, 2.45) is 0 Å². The van der Waals surface area contributed by atoms with E-state index in [2.05, 4.69) is 62.2 Å². The van der Waals surface area contributed by atoms with Crippen LogP contribution in [0.1, 0.15) is 5.56 Å². The van der Waals surface area contributed by atoms with Gasteiger partial charge < -0.3 is 30.2 Å². The number of para-hydroxylation sites is 1. The topological polar surface area (TPSA) is 96.3 Å². The van der Waals surface area contributed by atoms with Crippen LogP contribution in [0.15, 0.2) is 67.5 Å². The van der Waals surface area contributed by atoms with Crippen LogP contribution < -0.4 is 25.6 Å². The standard InChI is InChI=1S/C27H29N7O2/c1-4-26(35)30-20-15-21(24(36-3)16-23(20)33-13-11-28-12-14-33)31-27-29-10-9-25(32-27)34-17-18(2)19-7-5-6-8-22(19)34/h4-10,15-17,28H,1,11-14H2,2-3H3,(H,30,35)(H,29,31,32). The summed E-state index contributed by atoms with van der Waals surface area (Å²) in [6.45, 7) is 9.05. The number of methoxy groups -OCH3 is 1. The number of aromatic nitrogens is 3. The predicted octanol–water partition coefficient (Wildman–Crippen LogP) is 4.02. The lowest BCUT2D eigenvalue weighted by molar-refractivity contribution is -0.111. The van der Waals surface area contributed by atoms with Gasteiger partial charge in [-0.25, -0.2) is 4.98 Å². The molecule has 1 amide bonds. The maximum absolute atomic E-state index is 12.2. The minimum atomic E-state index is -0.282. The number of hydrogen-bond acceptors (Lipinski definition) is 7. The van der Waals surface area contributed by atoms with E-state index in [-0.39, 0.29) is 5.91 Å². The van der Waals surface area contributed by atoms with Gasteiger partial charge >= 0.3 is 0 Å². The lowest BCUT2D eigenvalue weighted by Gasteiger charge is -2.31. The molecular weight excluding hydrogens is 454 g/mol. The smallest absolute Gasteiger partial charge is 0.247 e. The molecule has 9 heteroatoms. The lowest BCUT2D eigenvalue weighted by Crippen LogP contribution is -2.43. The first-order chi connectivity index (χ1) is 17.6. The van der Waals surface area contributed by atoms with Crippen molar-refractivity contribution in [1.82, 2.24) is 19.9 Å². The van der Waals surface area contributed by atoms with E-state index in [1.807, 2.05) is 30.3 Å². The molecule has 0 radical (unpaired) electrons. The number of nitrogens with one attached hydrogen (secondary N) is 3. The van der Waals surface area contributed by atoms with Crippen LogP contribution in [0, 0.1) is 6.92 Å². The highest BCUT2D eigenvalue weighted by Crippen LogP contribution is 2.38. The van der Waals surface area contributed by atoms with E-state index in [1.165, 1.54) is 17.0 Å². The van der Waals surface area contributed by atoms with Gasteiger partial charge in [0.15, 0.2) is 0 Å². The Morgan fingerprint density at radius 1 is 1.17 bits per heavy atom. The first-order valence-electron chi connectivity index (χ1n) is 11.9. The Morgan fingerprint density at radius 3 is 2.75 bits per heavy atom. The monoisotopic (exact) mass is 483 g/mol. The van der Waals surface area contributed by atoms with Crippen molar-refractivity contribution >= 4 is 39.8 Å². The number of hydrogen-bond donors (Lipinski definition) is 3. The second kappa shape index (κ2) is 10.1. The summed E-state index contributed by atoms with van der Waals surface area (Å²) in [6, 6.07) is 13.9. The van der Waals surface area contributed by atoms with Crippen molar-refractivity contribution in [2.45, 2.75) is 6.92 Å². The van der Waals surface area contributed by atoms with Gasteiger partial charge in [0, 0.05) is 50.0 Å². The zero-order chi connectivity index (χ0) is 25.1. The Labute approximate surface area is 209 Å². The van der Waals surface area contributed by atoms with E-state index in [1.54, 1.807) is 13.3 Å². The molecule has 2 aromatic heterocycles. The van der Waals surface area contributed by atoms with Crippen molar-refractivity contribution in [3.05, 3.63) is 73.1 Å². The number of fused-ring (bicyclic) bond motifs is 1. The Kier molecular flexibility index (Phi) is 6.55. The lowest BCUT2D eigenvalue weighted by atomic mass is 10.1. The number of carbonyl (C=O) groups excluding carboxylic acids is 1. The Bertz CT molecular complexity index is 1420. The van der Waals surface area contributed by atoms with E-state index >= 15 is 0 Å². The molecule has 4 aromatic rings. The average molecular weight is 484 g/mol. The summed E-state index contributed by atoms with van der Waals surface area (Å²) >= 11 is 0. The number of carbonyl (C=O) groups is 1. The molecule has 0 unspecified atom stereocenters. The number of nitrogens with zero attached hydrogens (tertiary/aromatic N) is 4. The molecule has 0 atom stereocenters. The summed E-state index contributed by atoms with van der Waals surface area (Å²) < 4.78 is 7.77. The molecule has 184 valence electrons. The van der Waals surface area contributed by atoms with Crippen molar-refractivity contribution in [2.75, 3.05) is 48.8 Å². The molecular formula is C27H29N7O2. The quantitative estimate of drug-likeness (QED) is 0.342. The van der Waals surface area contributed by atoms with Gasteiger partial charge in [-0.1, -0.05) is 24.8 Å². The second-order valence-corrected chi connectivity index (χ2v) is 8.56. The van der Waals surface area contributed by atoms with Crippen LogP contribution in [-0.4, -0.2) is 53.7 Å². The number of benzene rings is 2. The van der Waals surface area contributed by atoms with Gasteiger partial charge in [0.05, 0.1) is 29.7 Å². The summed E-state index contributed by atoms with van der Waals surface area (Å²) in [4.78, 5) is 23.6. The fraction of sp³-hybridized carbons (Fsp3) is 0.222. The third-order valence-electron chi connectivity index (χ3n) is 6.26. The molecule has 0 saturated carbocycles. The number of ether oxygens (including phenoxy) is 1. The normalized spacial score (nSPS) is 13.4. The molecule has 0 spiro atoms. The summed E-state index contributed by atoms with van der Waals surface area (Å²) in [5.41, 5.74) is 4.44. The van der Waals surface area contributed by atoms with Gasteiger partial charge in [-0.15, -0.1) is 0 Å². The zero-order valence-electron chi connectivity index (χ0n) is 20.4. The predicted molar refractivity (Wildman–Crippen MR) is 144 cm³/mol. The Balaban J connectivity index is 1.52. The minimum absolute atomic E-state index is 0.282. The maximum atomic E-state index is 12.2. The highest BCUT2D eigenvalue weighted by Gasteiger charge is 2.19. The second-order valence-electron chi connectivity index (χ2n) is 8.56. The van der Waals surface area contributed by atoms with Gasteiger partial charge in [0.25, 0.3) is 0 Å². The molecule has 0 aliphatic carbocycles. The molecule has 36 heavy (non-hydrogen) atoms. The fourth-order valence-electron chi connectivity index (χ4n) is 4.49. The van der Waals surface area contributed by atoms with Gasteiger partial charge in [0.1, 0.15) is 11.6 Å². The summed E-state index contributed by atoms with van der Waals surface area (Å²) in [6.07, 6.45) is 5.05. The third kappa shape index (κ3) is 4.60. The van der Waals surface area contributed by atoms with Gasteiger partial charge in [0.2, 0.25) is 11.9 Å². The molecule has 9 nitrogen and oxygen atoms in total. The van der Waals surface area contributed by atoms with E-state index in [9.17, 15) is 4.79 Å². The first kappa shape index (κ1) is 23.4. The fourth-order valence-corrected chi connectivity index (χ4v) is 4.49. The largest absolute Gasteiger partial charge is 0.494 e. The SMILES string of the molecule is C=CC(=O)Nc1cc(Nc2nccc(-n3cc(C)c4ccccc43)n2)c(OC)cc1N1CCNCC1. The van der Waals surface area contributed by atoms with Crippen molar-refractivity contribution < 1.29 is 9.53 Å². The van der Waals surface area contributed by atoms with E-state index in [4.69, 9.17) is 9.72 Å². The number of piperazine rings is 1. The first-order valence-corrected chi connectivity index (χ1v) is 11.9. The highest BCUT2D eigenvalue weighted by atomic mass is 16.5. The van der Waals surface area contributed by atoms with Crippen LogP contribution >= 0.6 is 0 Å². The van der Waals surface area contributed by atoms with Gasteiger partial charge in [-0.2, -0.15) is 4.98 Å². The Morgan fingerprint density at radius 2 is 1.97 bits per heavy atom. The van der Waals surface area contributed by atoms with Gasteiger partial charge in [-0.3, -0.25) is 4.79 Å². The van der Waals surface area contributed by atoms with E-state index in [0.717, 1.165) is 43.2 Å². The zero-order valence-corrected chi connectivity index (χ0v) is 20.4. The molecule has 3 heterocycles. The molecule has 1 saturated heterocycles. The summed E-state index contributed by atoms with van der Waals surface area (Å²) in [5.74, 6) is 1.50. The molecule has 3 N–H and O–H groups in total. The van der Waals surface area contributed by atoms with Crippen molar-refractivity contribution in [3.63, 3.8) is 0 Å². The van der Waals surface area contributed by atoms with E-state index in [0.29, 0.717) is 23.1 Å². The highest BCUT2D eigenvalue weighted by molar-refractivity contribution is 6.02. The van der Waals surface area contributed by atoms with Crippen LogP contribution in [-0.2, 0) is 4.79 Å². The minimum Gasteiger partial charge on any atom is -0.494 e. The Hall–Kier alpha value is -4.37. The molecule has 2 aromatic carbocycles. The number of amides is 1. The van der Waals surface area contributed by atoms with Crippen molar-refractivity contribution in [3.8, 4) is 11.6 Å². The number of anilines is 4. The number of rotatable bonds is 7. The summed E-state index contributed by atoms with van der Waals surface area (Å²) in [5, 5.41) is 10.7. The molecule has 0 bridgehead atoms. The maximum Gasteiger partial charge on any atom is 0.247 e. The molecule has 1 aliphatic rings. The average Bonchev–Trinajstić information content (AvgIpc) is 3.26. The van der Waals surface area contributed by atoms with Crippen LogP contribution in [0.3, 0.4) is 0 Å². The molecule has 1 aliphatic heterocycles. The molecule has 5 rings (SSSR count).